The van der Waals surface area contributed by atoms with Crippen molar-refractivity contribution in [3.05, 3.63) is 22.7 Å². The smallest absolute Gasteiger partial charge is 0.332 e. The van der Waals surface area contributed by atoms with Crippen molar-refractivity contribution in [3.8, 4) is 0 Å². The molecule has 21 heavy (non-hydrogen) atoms. The maximum atomic E-state index is 11.1. The number of fused-ring (bicyclic) bond motifs is 1. The number of hydrogen-bond acceptors (Lipinski definition) is 4. The van der Waals surface area contributed by atoms with Crippen molar-refractivity contribution in [1.82, 2.24) is 9.97 Å². The van der Waals surface area contributed by atoms with Crippen LogP contribution in [-0.4, -0.2) is 34.1 Å². The number of carboxylic acids is 1. The third-order valence-corrected chi connectivity index (χ3v) is 4.15. The highest BCUT2D eigenvalue weighted by Gasteiger charge is 2.26. The van der Waals surface area contributed by atoms with Gasteiger partial charge in [0.1, 0.15) is 0 Å². The highest BCUT2D eigenvalue weighted by atomic mass is 16.4. The van der Waals surface area contributed by atoms with Crippen LogP contribution in [0.5, 0.6) is 0 Å². The van der Waals surface area contributed by atoms with E-state index in [1.54, 1.807) is 6.08 Å². The number of rotatable bonds is 3. The summed E-state index contributed by atoms with van der Waals surface area (Å²) in [5.74, 6) is 0.367. The van der Waals surface area contributed by atoms with Crippen molar-refractivity contribution in [1.29, 1.82) is 0 Å². The Kier molecular flexibility index (Phi) is 3.66. The van der Waals surface area contributed by atoms with E-state index < -0.39 is 5.97 Å². The predicted molar refractivity (Wildman–Crippen MR) is 81.5 cm³/mol. The van der Waals surface area contributed by atoms with E-state index in [9.17, 15) is 4.79 Å². The summed E-state index contributed by atoms with van der Waals surface area (Å²) in [7, 11) is 0. The van der Waals surface area contributed by atoms with Gasteiger partial charge in [0.05, 0.1) is 17.1 Å². The lowest BCUT2D eigenvalue weighted by Gasteiger charge is -2.30. The second kappa shape index (κ2) is 5.47. The van der Waals surface area contributed by atoms with E-state index in [0.717, 1.165) is 36.0 Å². The van der Waals surface area contributed by atoms with Crippen molar-refractivity contribution in [2.24, 2.45) is 0 Å². The van der Waals surface area contributed by atoms with Gasteiger partial charge in [-0.05, 0) is 31.3 Å². The summed E-state index contributed by atoms with van der Waals surface area (Å²) in [4.78, 5) is 22.9. The molecular weight excluding hydrogens is 266 g/mol. The van der Waals surface area contributed by atoms with Crippen molar-refractivity contribution in [2.75, 3.05) is 18.0 Å². The molecule has 0 aromatic carbocycles. The minimum atomic E-state index is -0.875. The molecule has 1 aromatic heterocycles. The lowest BCUT2D eigenvalue weighted by Crippen LogP contribution is -2.32. The second-order valence-electron chi connectivity index (χ2n) is 6.12. The summed E-state index contributed by atoms with van der Waals surface area (Å²) in [6.07, 6.45) is 5.70. The van der Waals surface area contributed by atoms with Crippen LogP contribution in [0.15, 0.2) is 5.57 Å². The number of carboxylic acid groups (broad SMARTS) is 1. The molecule has 0 bridgehead atoms. The number of nitrogens with zero attached hydrogens (tertiary/aromatic N) is 3. The van der Waals surface area contributed by atoms with Crippen LogP contribution in [0.2, 0.25) is 0 Å². The summed E-state index contributed by atoms with van der Waals surface area (Å²) < 4.78 is 0. The van der Waals surface area contributed by atoms with Crippen LogP contribution in [0.4, 0.5) is 5.82 Å². The summed E-state index contributed by atoms with van der Waals surface area (Å²) in [6, 6.07) is 0. The lowest BCUT2D eigenvalue weighted by atomic mass is 10.1. The van der Waals surface area contributed by atoms with E-state index in [1.807, 2.05) is 0 Å². The van der Waals surface area contributed by atoms with Crippen LogP contribution in [0.25, 0.3) is 6.08 Å². The summed E-state index contributed by atoms with van der Waals surface area (Å²) in [5, 5.41) is 9.15. The van der Waals surface area contributed by atoms with Gasteiger partial charge in [-0.3, -0.25) is 0 Å². The molecule has 0 unspecified atom stereocenters. The van der Waals surface area contributed by atoms with Gasteiger partial charge in [0, 0.05) is 25.1 Å². The number of anilines is 1. The van der Waals surface area contributed by atoms with E-state index in [-0.39, 0.29) is 5.92 Å². The van der Waals surface area contributed by atoms with Gasteiger partial charge in [-0.15, -0.1) is 0 Å². The van der Waals surface area contributed by atoms with Gasteiger partial charge >= 0.3 is 5.97 Å². The van der Waals surface area contributed by atoms with Gasteiger partial charge < -0.3 is 10.0 Å². The van der Waals surface area contributed by atoms with Crippen LogP contribution < -0.4 is 4.90 Å². The third kappa shape index (κ3) is 2.64. The Bertz CT molecular complexity index is 602. The third-order valence-electron chi connectivity index (χ3n) is 4.15. The van der Waals surface area contributed by atoms with E-state index >= 15 is 0 Å². The number of carbonyl (C=O) groups is 1. The van der Waals surface area contributed by atoms with Crippen LogP contribution >= 0.6 is 0 Å². The fourth-order valence-electron chi connectivity index (χ4n) is 2.99. The quantitative estimate of drug-likeness (QED) is 0.925. The average Bonchev–Trinajstić information content (AvgIpc) is 2.90. The maximum absolute atomic E-state index is 11.1. The molecule has 0 saturated carbocycles. The molecule has 2 heterocycles. The fourth-order valence-corrected chi connectivity index (χ4v) is 2.99. The molecule has 5 nitrogen and oxygen atoms in total. The normalized spacial score (nSPS) is 17.9. The molecule has 0 atom stereocenters. The van der Waals surface area contributed by atoms with Crippen LogP contribution in [-0.2, 0) is 11.2 Å². The first-order valence-electron chi connectivity index (χ1n) is 7.66. The van der Waals surface area contributed by atoms with Crippen LogP contribution in [0.3, 0.4) is 0 Å². The largest absolute Gasteiger partial charge is 0.478 e. The highest BCUT2D eigenvalue weighted by molar-refractivity contribution is 5.94. The van der Waals surface area contributed by atoms with Crippen molar-refractivity contribution in [2.45, 2.75) is 45.4 Å². The Morgan fingerprint density at radius 1 is 1.24 bits per heavy atom. The van der Waals surface area contributed by atoms with Gasteiger partial charge in [-0.2, -0.15) is 0 Å². The van der Waals surface area contributed by atoms with Crippen molar-refractivity contribution >= 4 is 17.9 Å². The zero-order chi connectivity index (χ0) is 15.0. The Labute approximate surface area is 124 Å². The molecule has 1 aromatic rings. The topological polar surface area (TPSA) is 66.3 Å². The monoisotopic (exact) mass is 287 g/mol. The molecule has 5 heteroatoms. The molecule has 1 fully saturated rings. The van der Waals surface area contributed by atoms with Crippen molar-refractivity contribution < 1.29 is 9.90 Å². The standard InChI is InChI=1S/C16H21N3O2/c1-10(2)14-15(19-6-4-3-5-7-19)18-13-9-11(16(20)21)8-12(13)17-14/h8,10H,3-7,9H2,1-2H3,(H,20,21). The molecular formula is C16H21N3O2. The zero-order valence-corrected chi connectivity index (χ0v) is 12.6. The Morgan fingerprint density at radius 2 is 1.95 bits per heavy atom. The van der Waals surface area contributed by atoms with Gasteiger partial charge in [0.25, 0.3) is 0 Å². The Balaban J connectivity index is 2.00. The first-order chi connectivity index (χ1) is 10.1. The van der Waals surface area contributed by atoms with Crippen LogP contribution in [0.1, 0.15) is 56.1 Å². The highest BCUT2D eigenvalue weighted by Crippen LogP contribution is 2.31. The molecule has 3 rings (SSSR count). The average molecular weight is 287 g/mol. The first-order valence-corrected chi connectivity index (χ1v) is 7.66. The van der Waals surface area contributed by atoms with Gasteiger partial charge in [0.2, 0.25) is 0 Å². The van der Waals surface area contributed by atoms with Gasteiger partial charge in [-0.1, -0.05) is 13.8 Å². The Hall–Kier alpha value is -1.91. The number of aromatic nitrogens is 2. The zero-order valence-electron chi connectivity index (χ0n) is 12.6. The van der Waals surface area contributed by atoms with Crippen molar-refractivity contribution in [3.63, 3.8) is 0 Å². The van der Waals surface area contributed by atoms with E-state index in [1.165, 1.54) is 19.3 Å². The molecule has 0 amide bonds. The maximum Gasteiger partial charge on any atom is 0.332 e. The van der Waals surface area contributed by atoms with E-state index in [2.05, 4.69) is 18.7 Å². The van der Waals surface area contributed by atoms with Crippen LogP contribution in [0, 0.1) is 0 Å². The molecule has 0 radical (unpaired) electrons. The molecule has 1 N–H and O–H groups in total. The molecule has 112 valence electrons. The Morgan fingerprint density at radius 3 is 2.57 bits per heavy atom. The second-order valence-corrected chi connectivity index (χ2v) is 6.12. The summed E-state index contributed by atoms with van der Waals surface area (Å²) >= 11 is 0. The molecule has 0 spiro atoms. The summed E-state index contributed by atoms with van der Waals surface area (Å²) in [5.41, 5.74) is 2.91. The number of hydrogen-bond donors (Lipinski definition) is 1. The molecule has 1 saturated heterocycles. The number of aliphatic carboxylic acids is 1. The number of piperidine rings is 1. The molecule has 1 aliphatic carbocycles. The first kappa shape index (κ1) is 14.0. The van der Waals surface area contributed by atoms with Gasteiger partial charge in [0.15, 0.2) is 5.82 Å². The molecule has 1 aliphatic heterocycles. The summed E-state index contributed by atoms with van der Waals surface area (Å²) in [6.45, 7) is 6.26. The minimum absolute atomic E-state index is 0.280. The minimum Gasteiger partial charge on any atom is -0.478 e. The predicted octanol–water partition coefficient (Wildman–Crippen LogP) is 2.61. The lowest BCUT2D eigenvalue weighted by molar-refractivity contribution is -0.132. The van der Waals surface area contributed by atoms with E-state index in [0.29, 0.717) is 12.0 Å². The van der Waals surface area contributed by atoms with Gasteiger partial charge in [-0.25, -0.2) is 14.8 Å². The SMILES string of the molecule is CC(C)c1nc2c(nc1N1CCCCC1)CC(C(=O)O)=C2. The van der Waals surface area contributed by atoms with E-state index in [4.69, 9.17) is 15.1 Å². The molecule has 2 aliphatic rings. The fraction of sp³-hybridized carbons (Fsp3) is 0.562.